The summed E-state index contributed by atoms with van der Waals surface area (Å²) in [6.45, 7) is 4.17. The molecular formula is C20H26N2O4S. The van der Waals surface area contributed by atoms with Crippen LogP contribution in [0.2, 0.25) is 0 Å². The van der Waals surface area contributed by atoms with Gasteiger partial charge in [0.1, 0.15) is 5.75 Å². The first-order valence-electron chi connectivity index (χ1n) is 8.99. The van der Waals surface area contributed by atoms with Gasteiger partial charge in [0.05, 0.1) is 10.9 Å². The van der Waals surface area contributed by atoms with Crippen LogP contribution in [0.5, 0.6) is 5.75 Å². The van der Waals surface area contributed by atoms with Crippen LogP contribution in [0.3, 0.4) is 0 Å². The summed E-state index contributed by atoms with van der Waals surface area (Å²) in [5, 5.41) is 2.86. The Hall–Kier alpha value is -2.38. The van der Waals surface area contributed by atoms with Gasteiger partial charge in [-0.3, -0.25) is 4.79 Å². The largest absolute Gasteiger partial charge is 0.484 e. The molecule has 7 heteroatoms. The Morgan fingerprint density at radius 2 is 1.74 bits per heavy atom. The molecule has 0 aliphatic rings. The number of unbranched alkanes of at least 4 members (excludes halogenated alkanes) is 1. The van der Waals surface area contributed by atoms with Gasteiger partial charge in [-0.05, 0) is 43.2 Å². The van der Waals surface area contributed by atoms with Gasteiger partial charge in [-0.1, -0.05) is 43.7 Å². The number of rotatable bonds is 10. The normalized spacial score (nSPS) is 12.4. The number of ether oxygens (including phenoxy) is 1. The maximum atomic E-state index is 12.1. The maximum absolute atomic E-state index is 12.1. The highest BCUT2D eigenvalue weighted by atomic mass is 32.2. The molecule has 0 spiro atoms. The molecule has 0 aromatic heterocycles. The maximum Gasteiger partial charge on any atom is 0.258 e. The van der Waals surface area contributed by atoms with E-state index in [1.807, 2.05) is 44.2 Å². The summed E-state index contributed by atoms with van der Waals surface area (Å²) < 4.78 is 32.2. The lowest BCUT2D eigenvalue weighted by Crippen LogP contribution is -2.31. The Morgan fingerprint density at radius 1 is 1.07 bits per heavy atom. The number of nitrogens with one attached hydrogen (secondary N) is 2. The molecule has 6 nitrogen and oxygen atoms in total. The number of carbonyl (C=O) groups is 1. The van der Waals surface area contributed by atoms with Crippen LogP contribution >= 0.6 is 0 Å². The Labute approximate surface area is 161 Å². The van der Waals surface area contributed by atoms with E-state index in [1.165, 1.54) is 12.1 Å². The first-order chi connectivity index (χ1) is 12.9. The van der Waals surface area contributed by atoms with Gasteiger partial charge in [-0.25, -0.2) is 13.1 Å². The molecule has 2 aromatic rings. The zero-order chi connectivity index (χ0) is 19.7. The molecule has 0 unspecified atom stereocenters. The number of hydrogen-bond donors (Lipinski definition) is 2. The average Bonchev–Trinajstić information content (AvgIpc) is 2.67. The molecule has 0 heterocycles. The minimum Gasteiger partial charge on any atom is -0.484 e. The van der Waals surface area contributed by atoms with Crippen LogP contribution in [-0.2, 0) is 14.8 Å². The number of amides is 1. The second kappa shape index (κ2) is 10.1. The van der Waals surface area contributed by atoms with Crippen molar-refractivity contribution in [1.29, 1.82) is 0 Å². The Morgan fingerprint density at radius 3 is 2.37 bits per heavy atom. The van der Waals surface area contributed by atoms with Crippen molar-refractivity contribution in [2.24, 2.45) is 0 Å². The van der Waals surface area contributed by atoms with Crippen molar-refractivity contribution in [2.45, 2.75) is 37.6 Å². The number of benzene rings is 2. The van der Waals surface area contributed by atoms with Gasteiger partial charge in [0.25, 0.3) is 5.91 Å². The molecule has 0 saturated heterocycles. The Bertz CT molecular complexity index is 821. The highest BCUT2D eigenvalue weighted by Crippen LogP contribution is 2.16. The van der Waals surface area contributed by atoms with Crippen LogP contribution in [0.4, 0.5) is 0 Å². The minimum absolute atomic E-state index is 0.121. The monoisotopic (exact) mass is 390 g/mol. The second-order valence-corrected chi connectivity index (χ2v) is 7.98. The van der Waals surface area contributed by atoms with E-state index in [9.17, 15) is 13.2 Å². The summed E-state index contributed by atoms with van der Waals surface area (Å²) in [4.78, 5) is 12.2. The summed E-state index contributed by atoms with van der Waals surface area (Å²) in [6, 6.07) is 15.5. The van der Waals surface area contributed by atoms with Gasteiger partial charge in [0.15, 0.2) is 6.61 Å². The predicted octanol–water partition coefficient (Wildman–Crippen LogP) is 3.02. The molecule has 2 N–H and O–H groups in total. The van der Waals surface area contributed by atoms with E-state index in [0.717, 1.165) is 18.4 Å². The highest BCUT2D eigenvalue weighted by Gasteiger charge is 2.14. The second-order valence-electron chi connectivity index (χ2n) is 6.21. The van der Waals surface area contributed by atoms with Gasteiger partial charge >= 0.3 is 0 Å². The molecular weight excluding hydrogens is 364 g/mol. The lowest BCUT2D eigenvalue weighted by molar-refractivity contribution is -0.123. The fourth-order valence-corrected chi connectivity index (χ4v) is 3.51. The summed E-state index contributed by atoms with van der Waals surface area (Å²) in [5.74, 6) is 0.189. The van der Waals surface area contributed by atoms with Gasteiger partial charge < -0.3 is 10.1 Å². The zero-order valence-electron chi connectivity index (χ0n) is 15.6. The highest BCUT2D eigenvalue weighted by molar-refractivity contribution is 7.89. The summed E-state index contributed by atoms with van der Waals surface area (Å²) in [6.07, 6.45) is 1.71. The van der Waals surface area contributed by atoms with E-state index >= 15 is 0 Å². The van der Waals surface area contributed by atoms with Crippen molar-refractivity contribution < 1.29 is 17.9 Å². The molecule has 0 radical (unpaired) electrons. The third kappa shape index (κ3) is 6.69. The number of sulfonamides is 1. The molecule has 1 amide bonds. The van der Waals surface area contributed by atoms with Crippen LogP contribution < -0.4 is 14.8 Å². The van der Waals surface area contributed by atoms with Crippen molar-refractivity contribution >= 4 is 15.9 Å². The third-order valence-corrected chi connectivity index (χ3v) is 5.48. The Kier molecular flexibility index (Phi) is 7.82. The van der Waals surface area contributed by atoms with Crippen molar-refractivity contribution in [3.63, 3.8) is 0 Å². The van der Waals surface area contributed by atoms with Crippen molar-refractivity contribution in [3.05, 3.63) is 60.2 Å². The molecule has 0 fully saturated rings. The molecule has 0 aliphatic carbocycles. The zero-order valence-corrected chi connectivity index (χ0v) is 16.5. The molecule has 0 aliphatic heterocycles. The Balaban J connectivity index is 1.85. The predicted molar refractivity (Wildman–Crippen MR) is 105 cm³/mol. The fraction of sp³-hybridized carbons (Fsp3) is 0.350. The van der Waals surface area contributed by atoms with Crippen LogP contribution in [-0.4, -0.2) is 27.5 Å². The van der Waals surface area contributed by atoms with Gasteiger partial charge in [-0.15, -0.1) is 0 Å². The molecule has 2 rings (SSSR count). The topological polar surface area (TPSA) is 84.5 Å². The van der Waals surface area contributed by atoms with E-state index in [4.69, 9.17) is 4.74 Å². The molecule has 146 valence electrons. The van der Waals surface area contributed by atoms with Crippen LogP contribution in [0.15, 0.2) is 59.5 Å². The molecule has 1 atom stereocenters. The van der Waals surface area contributed by atoms with E-state index in [0.29, 0.717) is 12.3 Å². The SMILES string of the molecule is CCCCNS(=O)(=O)c1ccc(OCC(=O)N[C@H](C)c2ccccc2)cc1. The lowest BCUT2D eigenvalue weighted by Gasteiger charge is -2.14. The van der Waals surface area contributed by atoms with Crippen molar-refractivity contribution in [2.75, 3.05) is 13.2 Å². The van der Waals surface area contributed by atoms with E-state index in [-0.39, 0.29) is 23.5 Å². The first-order valence-corrected chi connectivity index (χ1v) is 10.5. The standard InChI is InChI=1S/C20H26N2O4S/c1-3-4-14-21-27(24,25)19-12-10-18(11-13-19)26-15-20(23)22-16(2)17-8-6-5-7-9-17/h5-13,16,21H,3-4,14-15H2,1-2H3,(H,22,23)/t16-/m1/s1. The van der Waals surface area contributed by atoms with Crippen LogP contribution in [0.25, 0.3) is 0 Å². The number of hydrogen-bond acceptors (Lipinski definition) is 4. The molecule has 0 bridgehead atoms. The summed E-state index contributed by atoms with van der Waals surface area (Å²) in [5.41, 5.74) is 1.01. The van der Waals surface area contributed by atoms with Crippen LogP contribution in [0, 0.1) is 0 Å². The smallest absolute Gasteiger partial charge is 0.258 e. The van der Waals surface area contributed by atoms with Crippen molar-refractivity contribution in [1.82, 2.24) is 10.0 Å². The first kappa shape index (κ1) is 20.9. The molecule has 0 saturated carbocycles. The number of carbonyl (C=O) groups excluding carboxylic acids is 1. The van der Waals surface area contributed by atoms with E-state index in [1.54, 1.807) is 12.1 Å². The van der Waals surface area contributed by atoms with Crippen molar-refractivity contribution in [3.8, 4) is 5.75 Å². The van der Waals surface area contributed by atoms with Gasteiger partial charge in [0, 0.05) is 6.54 Å². The third-order valence-electron chi connectivity index (χ3n) is 4.00. The van der Waals surface area contributed by atoms with Crippen LogP contribution in [0.1, 0.15) is 38.3 Å². The minimum atomic E-state index is -3.51. The average molecular weight is 391 g/mol. The molecule has 2 aromatic carbocycles. The lowest BCUT2D eigenvalue weighted by atomic mass is 10.1. The van der Waals surface area contributed by atoms with E-state index in [2.05, 4.69) is 10.0 Å². The van der Waals surface area contributed by atoms with Gasteiger partial charge in [-0.2, -0.15) is 0 Å². The fourth-order valence-electron chi connectivity index (χ4n) is 2.44. The van der Waals surface area contributed by atoms with E-state index < -0.39 is 10.0 Å². The quantitative estimate of drug-likeness (QED) is 0.611. The van der Waals surface area contributed by atoms with Gasteiger partial charge in [0.2, 0.25) is 10.0 Å². The summed E-state index contributed by atoms with van der Waals surface area (Å²) in [7, 11) is -3.51. The summed E-state index contributed by atoms with van der Waals surface area (Å²) >= 11 is 0. The molecule has 27 heavy (non-hydrogen) atoms.